The number of hydrogen-bond acceptors (Lipinski definition) is 12. The summed E-state index contributed by atoms with van der Waals surface area (Å²) in [6.07, 6.45) is 15.2. The van der Waals surface area contributed by atoms with Crippen LogP contribution in [0.5, 0.6) is 0 Å². The molecule has 12 atom stereocenters. The van der Waals surface area contributed by atoms with Crippen LogP contribution >= 0.6 is 0 Å². The first-order valence-corrected chi connectivity index (χ1v) is 34.1. The summed E-state index contributed by atoms with van der Waals surface area (Å²) in [5, 5.41) is 8.61. The quantitative estimate of drug-likeness (QED) is 0.0821. The minimum absolute atomic E-state index is 0.0464. The minimum atomic E-state index is -1.56. The van der Waals surface area contributed by atoms with Crippen molar-refractivity contribution in [2.24, 2.45) is 35.5 Å². The third-order valence-electron chi connectivity index (χ3n) is 19.0. The highest BCUT2D eigenvalue weighted by Crippen LogP contribution is 2.32. The largest absolute Gasteiger partial charge is 0.459 e. The lowest BCUT2D eigenvalue weighted by Crippen LogP contribution is -2.62. The summed E-state index contributed by atoms with van der Waals surface area (Å²) in [5.41, 5.74) is 0. The van der Waals surface area contributed by atoms with E-state index in [9.17, 15) is 33.6 Å². The highest BCUT2D eigenvalue weighted by atomic mass is 16.5. The Hall–Kier alpha value is -5.34. The standard InChI is InChI=1S/C67H116N10O11/c1-16-17-18-19-20-21-22-23-24-26-31-74-32-27-25-29-51(74)66(86)77-41-47(11)38-55(77)65(85)73(15)58-48(12)88-56(78)39-68-59(79)53(36-44(6)7)71(13)64(84)52-30-28-33-75(52)67(87)57(45(8)9)72(14)62(82)49(34-42(2)3)69-60(80)54-37-46(10)40-76(54)63(83)50(35-43(4)5)70-61(58)81/h42-55,57-58H,16-41H2,1-15H3,(H,68,79)(H,69,80)(H,70,81). The second-order valence-corrected chi connectivity index (χ2v) is 28.5. The highest BCUT2D eigenvalue weighted by Gasteiger charge is 2.49. The molecule has 3 N–H and O–H groups in total. The van der Waals surface area contributed by atoms with Gasteiger partial charge in [0.2, 0.25) is 53.2 Å². The molecule has 21 heteroatoms. The Balaban J connectivity index is 1.51. The normalized spacial score (nSPS) is 29.1. The first-order valence-electron chi connectivity index (χ1n) is 34.1. The summed E-state index contributed by atoms with van der Waals surface area (Å²) in [6, 6.07) is -9.31. The van der Waals surface area contributed by atoms with E-state index in [0.717, 1.165) is 45.2 Å². The lowest BCUT2D eigenvalue weighted by Gasteiger charge is -2.39. The Labute approximate surface area is 527 Å². The molecule has 9 amide bonds. The molecule has 88 heavy (non-hydrogen) atoms. The van der Waals surface area contributed by atoms with Crippen molar-refractivity contribution in [1.29, 1.82) is 0 Å². The predicted octanol–water partition coefficient (Wildman–Crippen LogP) is 6.53. The Morgan fingerprint density at radius 3 is 1.77 bits per heavy atom. The lowest BCUT2D eigenvalue weighted by atomic mass is 9.97. The maximum Gasteiger partial charge on any atom is 0.325 e. The zero-order valence-electron chi connectivity index (χ0n) is 56.7. The van der Waals surface area contributed by atoms with Crippen LogP contribution in [0.15, 0.2) is 0 Å². The number of likely N-dealkylation sites (N-methyl/N-ethyl adjacent to an activating group) is 3. The molecule has 0 spiro atoms. The van der Waals surface area contributed by atoms with Gasteiger partial charge >= 0.3 is 5.97 Å². The monoisotopic (exact) mass is 1240 g/mol. The molecule has 0 aliphatic carbocycles. The topological polar surface area (TPSA) is 239 Å². The van der Waals surface area contributed by atoms with E-state index < -0.39 is 126 Å². The number of esters is 1. The zero-order valence-corrected chi connectivity index (χ0v) is 56.7. The molecular weight excluding hydrogens is 1120 g/mol. The number of rotatable bonds is 21. The van der Waals surface area contributed by atoms with Gasteiger partial charge in [-0.15, -0.1) is 0 Å². The number of piperidine rings is 1. The summed E-state index contributed by atoms with van der Waals surface area (Å²) in [4.78, 5) is 159. The highest BCUT2D eigenvalue weighted by molar-refractivity contribution is 5.99. The third kappa shape index (κ3) is 19.8. The maximum atomic E-state index is 15.3. The molecule has 5 aliphatic heterocycles. The van der Waals surface area contributed by atoms with E-state index in [0.29, 0.717) is 32.2 Å². The fourth-order valence-corrected chi connectivity index (χ4v) is 14.4. The van der Waals surface area contributed by atoms with Crippen molar-refractivity contribution in [3.05, 3.63) is 0 Å². The number of hydrogen-bond donors (Lipinski definition) is 3. The number of amides is 9. The average molecular weight is 1240 g/mol. The van der Waals surface area contributed by atoms with Crippen molar-refractivity contribution >= 4 is 59.1 Å². The Kier molecular flexibility index (Phi) is 29.0. The van der Waals surface area contributed by atoms with Gasteiger partial charge < -0.3 is 50.1 Å². The van der Waals surface area contributed by atoms with Crippen LogP contribution in [-0.2, 0) is 52.7 Å². The molecule has 5 aliphatic rings. The van der Waals surface area contributed by atoms with Gasteiger partial charge in [0.05, 0.1) is 6.04 Å². The second kappa shape index (κ2) is 34.7. The van der Waals surface area contributed by atoms with E-state index in [1.807, 2.05) is 69.2 Å². The molecule has 0 aromatic carbocycles. The minimum Gasteiger partial charge on any atom is -0.459 e. The van der Waals surface area contributed by atoms with Crippen LogP contribution in [0, 0.1) is 35.5 Å². The van der Waals surface area contributed by atoms with E-state index in [2.05, 4.69) is 27.8 Å². The summed E-state index contributed by atoms with van der Waals surface area (Å²) >= 11 is 0. The number of nitrogens with zero attached hydrogens (tertiary/aromatic N) is 7. The fraction of sp³-hybridized carbons (Fsp3) is 0.851. The molecule has 12 unspecified atom stereocenters. The summed E-state index contributed by atoms with van der Waals surface area (Å²) in [6.45, 7) is 24.3. The molecule has 500 valence electrons. The number of likely N-dealkylation sites (tertiary alicyclic amines) is 2. The summed E-state index contributed by atoms with van der Waals surface area (Å²) < 4.78 is 6.02. The van der Waals surface area contributed by atoms with Gasteiger partial charge in [-0.3, -0.25) is 52.8 Å². The van der Waals surface area contributed by atoms with Crippen molar-refractivity contribution in [2.75, 3.05) is 60.4 Å². The zero-order chi connectivity index (χ0) is 65.3. The number of nitrogens with one attached hydrogen (secondary N) is 3. The van der Waals surface area contributed by atoms with Crippen molar-refractivity contribution in [3.8, 4) is 0 Å². The summed E-state index contributed by atoms with van der Waals surface area (Å²) in [7, 11) is 4.48. The van der Waals surface area contributed by atoms with Gasteiger partial charge in [-0.1, -0.05) is 140 Å². The van der Waals surface area contributed by atoms with Gasteiger partial charge in [-0.2, -0.15) is 0 Å². The average Bonchev–Trinajstić information content (AvgIpc) is 1.73. The van der Waals surface area contributed by atoms with E-state index in [1.165, 1.54) is 97.5 Å². The number of cyclic esters (lactones) is 1. The van der Waals surface area contributed by atoms with Crippen LogP contribution in [0.1, 0.15) is 212 Å². The lowest BCUT2D eigenvalue weighted by molar-refractivity contribution is -0.160. The molecule has 5 heterocycles. The first-order chi connectivity index (χ1) is 41.6. The van der Waals surface area contributed by atoms with E-state index in [4.69, 9.17) is 4.74 Å². The van der Waals surface area contributed by atoms with Crippen LogP contribution in [0.25, 0.3) is 0 Å². The Morgan fingerprint density at radius 2 is 1.17 bits per heavy atom. The van der Waals surface area contributed by atoms with Crippen molar-refractivity contribution < 1.29 is 52.7 Å². The molecule has 0 aromatic heterocycles. The summed E-state index contributed by atoms with van der Waals surface area (Å²) in [5.74, 6) is -6.54. The van der Waals surface area contributed by atoms with Crippen LogP contribution in [-0.4, -0.2) is 214 Å². The van der Waals surface area contributed by atoms with Gasteiger partial charge in [0, 0.05) is 40.8 Å². The molecule has 0 bridgehead atoms. The molecule has 21 nitrogen and oxygen atoms in total. The van der Waals surface area contributed by atoms with Crippen LogP contribution < -0.4 is 16.0 Å². The van der Waals surface area contributed by atoms with Gasteiger partial charge in [-0.05, 0) is 120 Å². The molecule has 5 fully saturated rings. The third-order valence-corrected chi connectivity index (χ3v) is 19.0. The second-order valence-electron chi connectivity index (χ2n) is 28.5. The number of carbonyl (C=O) groups is 10. The van der Waals surface area contributed by atoms with Crippen molar-refractivity contribution in [3.63, 3.8) is 0 Å². The Bertz CT molecular complexity index is 2370. The smallest absolute Gasteiger partial charge is 0.325 e. The molecular formula is C67H116N10O11. The first kappa shape index (κ1) is 73.4. The predicted molar refractivity (Wildman–Crippen MR) is 340 cm³/mol. The fourth-order valence-electron chi connectivity index (χ4n) is 14.4. The van der Waals surface area contributed by atoms with Crippen LogP contribution in [0.2, 0.25) is 0 Å². The Morgan fingerprint density at radius 1 is 0.591 bits per heavy atom. The SMILES string of the molecule is CCCCCCCCCCCCN1CCCCC1C(=O)N1CC(C)CC1C(=O)N(C)C1C(=O)NC(CC(C)C)C(=O)N2CC(C)CC2C(=O)NC(CC(C)C)C(=O)N(C)C(C(C)C)C(=O)N2CCCC2C(=O)N(C)C(CC(C)C)C(=O)NCC(=O)OC1C. The van der Waals surface area contributed by atoms with E-state index >= 15 is 14.4 Å². The number of ether oxygens (including phenoxy) is 1. The molecule has 5 saturated heterocycles. The van der Waals surface area contributed by atoms with Gasteiger partial charge in [0.25, 0.3) is 0 Å². The number of carbonyl (C=O) groups excluding carboxylic acids is 10. The van der Waals surface area contributed by atoms with E-state index in [1.54, 1.807) is 4.90 Å². The molecule has 0 saturated carbocycles. The number of fused-ring (bicyclic) bond motifs is 2. The van der Waals surface area contributed by atoms with E-state index in [-0.39, 0.29) is 74.3 Å². The molecule has 5 rings (SSSR count). The number of unbranched alkanes of at least 4 members (excludes halogenated alkanes) is 9. The van der Waals surface area contributed by atoms with Crippen molar-refractivity contribution in [2.45, 2.75) is 272 Å². The van der Waals surface area contributed by atoms with Crippen molar-refractivity contribution in [1.82, 2.24) is 50.2 Å². The van der Waals surface area contributed by atoms with Gasteiger partial charge in [-0.25, -0.2) is 0 Å². The van der Waals surface area contributed by atoms with Gasteiger partial charge in [0.1, 0.15) is 61.0 Å². The molecule has 0 radical (unpaired) electrons. The maximum absolute atomic E-state index is 15.3. The van der Waals surface area contributed by atoms with Gasteiger partial charge in [0.15, 0.2) is 0 Å². The van der Waals surface area contributed by atoms with Crippen LogP contribution in [0.3, 0.4) is 0 Å². The van der Waals surface area contributed by atoms with Crippen LogP contribution in [0.4, 0.5) is 0 Å². The molecule has 0 aromatic rings.